The zero-order chi connectivity index (χ0) is 18.5. The molecule has 0 aliphatic carbocycles. The number of piperidine rings is 1. The number of aromatic nitrogens is 2. The van der Waals surface area contributed by atoms with E-state index in [-0.39, 0.29) is 11.9 Å². The topological polar surface area (TPSA) is 50.2 Å². The van der Waals surface area contributed by atoms with E-state index in [4.69, 9.17) is 0 Å². The lowest BCUT2D eigenvalue weighted by atomic mass is 9.90. The van der Waals surface area contributed by atoms with Gasteiger partial charge in [0.25, 0.3) is 0 Å². The quantitative estimate of drug-likeness (QED) is 0.868. The molecule has 1 aromatic heterocycles. The Bertz CT molecular complexity index is 714. The van der Waals surface area contributed by atoms with E-state index in [0.29, 0.717) is 5.92 Å². The minimum absolute atomic E-state index is 0.164. The average molecular weight is 354 g/mol. The van der Waals surface area contributed by atoms with E-state index in [1.54, 1.807) is 10.9 Å². The summed E-state index contributed by atoms with van der Waals surface area (Å²) in [6.45, 7) is 3.84. The molecule has 0 saturated carbocycles. The second-order valence-electron chi connectivity index (χ2n) is 7.46. The SMILES string of the molecule is CNC(C(=O)N1CCC(CCc2ccc(C)cc2)CC1)c1cnn(C)c1. The zero-order valence-corrected chi connectivity index (χ0v) is 16.1. The first-order valence-corrected chi connectivity index (χ1v) is 9.57. The maximum absolute atomic E-state index is 12.9. The third-order valence-corrected chi connectivity index (χ3v) is 5.48. The lowest BCUT2D eigenvalue weighted by molar-refractivity contribution is -0.135. The van der Waals surface area contributed by atoms with Crippen molar-refractivity contribution in [1.29, 1.82) is 0 Å². The van der Waals surface area contributed by atoms with Gasteiger partial charge in [-0.3, -0.25) is 9.48 Å². The number of rotatable bonds is 6. The van der Waals surface area contributed by atoms with Gasteiger partial charge >= 0.3 is 0 Å². The average Bonchev–Trinajstić information content (AvgIpc) is 3.08. The van der Waals surface area contributed by atoms with E-state index in [9.17, 15) is 4.79 Å². The number of carbonyl (C=O) groups is 1. The Morgan fingerprint density at radius 2 is 1.96 bits per heavy atom. The van der Waals surface area contributed by atoms with Gasteiger partial charge < -0.3 is 10.2 Å². The van der Waals surface area contributed by atoms with Crippen LogP contribution < -0.4 is 5.32 Å². The third kappa shape index (κ3) is 4.52. The van der Waals surface area contributed by atoms with Crippen molar-refractivity contribution in [2.45, 2.75) is 38.6 Å². The first-order valence-electron chi connectivity index (χ1n) is 9.57. The Labute approximate surface area is 156 Å². The molecule has 1 atom stereocenters. The van der Waals surface area contributed by atoms with Gasteiger partial charge in [0.15, 0.2) is 0 Å². The number of amides is 1. The maximum atomic E-state index is 12.9. The summed E-state index contributed by atoms with van der Waals surface area (Å²) in [5.74, 6) is 0.879. The van der Waals surface area contributed by atoms with E-state index >= 15 is 0 Å². The van der Waals surface area contributed by atoms with E-state index in [2.05, 4.69) is 41.6 Å². The molecule has 0 bridgehead atoms. The lowest BCUT2D eigenvalue weighted by Crippen LogP contribution is -2.44. The van der Waals surface area contributed by atoms with Crippen LogP contribution in [0.2, 0.25) is 0 Å². The summed E-state index contributed by atoms with van der Waals surface area (Å²) in [5, 5.41) is 7.34. The van der Waals surface area contributed by atoms with Gasteiger partial charge in [0, 0.05) is 31.9 Å². The molecule has 2 heterocycles. The monoisotopic (exact) mass is 354 g/mol. The molecule has 1 fully saturated rings. The third-order valence-electron chi connectivity index (χ3n) is 5.48. The Morgan fingerprint density at radius 1 is 1.27 bits per heavy atom. The van der Waals surface area contributed by atoms with Crippen molar-refractivity contribution >= 4 is 5.91 Å². The Kier molecular flexibility index (Phi) is 6.09. The fourth-order valence-corrected chi connectivity index (χ4v) is 3.77. The zero-order valence-electron chi connectivity index (χ0n) is 16.1. The van der Waals surface area contributed by atoms with E-state index in [1.807, 2.05) is 25.2 Å². The maximum Gasteiger partial charge on any atom is 0.244 e. The molecule has 0 radical (unpaired) electrons. The smallest absolute Gasteiger partial charge is 0.244 e. The molecule has 5 nitrogen and oxygen atoms in total. The number of aryl methyl sites for hydroxylation is 3. The molecule has 1 saturated heterocycles. The van der Waals surface area contributed by atoms with Crippen molar-refractivity contribution in [2.75, 3.05) is 20.1 Å². The Hall–Kier alpha value is -2.14. The van der Waals surface area contributed by atoms with Gasteiger partial charge in [-0.2, -0.15) is 5.10 Å². The van der Waals surface area contributed by atoms with Crippen LogP contribution in [0.5, 0.6) is 0 Å². The van der Waals surface area contributed by atoms with Crippen molar-refractivity contribution in [1.82, 2.24) is 20.0 Å². The highest BCUT2D eigenvalue weighted by Crippen LogP contribution is 2.25. The Balaban J connectivity index is 1.49. The first kappa shape index (κ1) is 18.6. The molecule has 5 heteroatoms. The molecule has 1 unspecified atom stereocenters. The highest BCUT2D eigenvalue weighted by molar-refractivity contribution is 5.83. The van der Waals surface area contributed by atoms with Gasteiger partial charge in [0.05, 0.1) is 6.20 Å². The minimum Gasteiger partial charge on any atom is -0.341 e. The first-order chi connectivity index (χ1) is 12.6. The second-order valence-corrected chi connectivity index (χ2v) is 7.46. The van der Waals surface area contributed by atoms with Crippen LogP contribution in [0.25, 0.3) is 0 Å². The number of carbonyl (C=O) groups excluding carboxylic acids is 1. The van der Waals surface area contributed by atoms with Gasteiger partial charge in [-0.15, -0.1) is 0 Å². The Morgan fingerprint density at radius 3 is 2.54 bits per heavy atom. The molecule has 1 amide bonds. The predicted molar refractivity (Wildman–Crippen MR) is 104 cm³/mol. The molecule has 1 aromatic carbocycles. The van der Waals surface area contributed by atoms with Crippen molar-refractivity contribution in [3.05, 3.63) is 53.3 Å². The summed E-state index contributed by atoms with van der Waals surface area (Å²) < 4.78 is 1.74. The summed E-state index contributed by atoms with van der Waals surface area (Å²) in [6, 6.07) is 8.55. The standard InChI is InChI=1S/C21H30N4O/c1-16-4-6-17(7-5-16)8-9-18-10-12-25(13-11-18)21(26)20(22-2)19-14-23-24(3)15-19/h4-7,14-15,18,20,22H,8-13H2,1-3H3. The molecular weight excluding hydrogens is 324 g/mol. The van der Waals surface area contributed by atoms with Gasteiger partial charge in [0.2, 0.25) is 5.91 Å². The summed E-state index contributed by atoms with van der Waals surface area (Å²) in [5.41, 5.74) is 3.66. The predicted octanol–water partition coefficient (Wildman–Crippen LogP) is 2.86. The van der Waals surface area contributed by atoms with Crippen LogP contribution in [-0.2, 0) is 18.3 Å². The largest absolute Gasteiger partial charge is 0.341 e. The fourth-order valence-electron chi connectivity index (χ4n) is 3.77. The highest BCUT2D eigenvalue weighted by atomic mass is 16.2. The summed E-state index contributed by atoms with van der Waals surface area (Å²) in [4.78, 5) is 14.9. The molecule has 1 aliphatic rings. The highest BCUT2D eigenvalue weighted by Gasteiger charge is 2.29. The van der Waals surface area contributed by atoms with Gasteiger partial charge in [-0.25, -0.2) is 0 Å². The summed E-state index contributed by atoms with van der Waals surface area (Å²) >= 11 is 0. The molecule has 1 aliphatic heterocycles. The minimum atomic E-state index is -0.298. The van der Waals surface area contributed by atoms with E-state index in [1.165, 1.54) is 17.5 Å². The molecule has 26 heavy (non-hydrogen) atoms. The van der Waals surface area contributed by atoms with Crippen LogP contribution in [-0.4, -0.2) is 40.7 Å². The lowest BCUT2D eigenvalue weighted by Gasteiger charge is -2.34. The van der Waals surface area contributed by atoms with Crippen molar-refractivity contribution in [2.24, 2.45) is 13.0 Å². The number of hydrogen-bond acceptors (Lipinski definition) is 3. The number of likely N-dealkylation sites (N-methyl/N-ethyl adjacent to an activating group) is 1. The van der Waals surface area contributed by atoms with Gasteiger partial charge in [-0.05, 0) is 51.1 Å². The van der Waals surface area contributed by atoms with Gasteiger partial charge in [0.1, 0.15) is 6.04 Å². The van der Waals surface area contributed by atoms with Crippen molar-refractivity contribution < 1.29 is 4.79 Å². The molecular formula is C21H30N4O. The second kappa shape index (κ2) is 8.49. The van der Waals surface area contributed by atoms with Crippen LogP contribution in [0.4, 0.5) is 0 Å². The summed E-state index contributed by atoms with van der Waals surface area (Å²) in [6.07, 6.45) is 8.22. The van der Waals surface area contributed by atoms with Gasteiger partial charge in [-0.1, -0.05) is 29.8 Å². The van der Waals surface area contributed by atoms with Crippen LogP contribution >= 0.6 is 0 Å². The van der Waals surface area contributed by atoms with E-state index < -0.39 is 0 Å². The fraction of sp³-hybridized carbons (Fsp3) is 0.524. The molecule has 1 N–H and O–H groups in total. The van der Waals surface area contributed by atoms with Crippen molar-refractivity contribution in [3.8, 4) is 0 Å². The van der Waals surface area contributed by atoms with Crippen molar-refractivity contribution in [3.63, 3.8) is 0 Å². The van der Waals surface area contributed by atoms with Crippen LogP contribution in [0, 0.1) is 12.8 Å². The van der Waals surface area contributed by atoms with Crippen LogP contribution in [0.1, 0.15) is 42.0 Å². The number of nitrogens with one attached hydrogen (secondary N) is 1. The molecule has 3 rings (SSSR count). The number of nitrogens with zero attached hydrogens (tertiary/aromatic N) is 3. The molecule has 2 aromatic rings. The van der Waals surface area contributed by atoms with Crippen LogP contribution in [0.15, 0.2) is 36.7 Å². The van der Waals surface area contributed by atoms with Crippen LogP contribution in [0.3, 0.4) is 0 Å². The van der Waals surface area contributed by atoms with E-state index in [0.717, 1.165) is 37.9 Å². The number of likely N-dealkylation sites (tertiary alicyclic amines) is 1. The normalized spacial score (nSPS) is 16.7. The summed E-state index contributed by atoms with van der Waals surface area (Å²) in [7, 11) is 3.71. The number of hydrogen-bond donors (Lipinski definition) is 1. The molecule has 140 valence electrons. The number of benzene rings is 1. The molecule has 0 spiro atoms.